The van der Waals surface area contributed by atoms with Crippen molar-refractivity contribution in [2.45, 2.75) is 12.5 Å². The predicted molar refractivity (Wildman–Crippen MR) is 161 cm³/mol. The van der Waals surface area contributed by atoms with Crippen molar-refractivity contribution in [1.82, 2.24) is 9.99 Å². The molecule has 5 rings (SSSR count). The van der Waals surface area contributed by atoms with E-state index in [0.717, 1.165) is 34.8 Å². The summed E-state index contributed by atoms with van der Waals surface area (Å²) in [5, 5.41) is 6.17. The lowest BCUT2D eigenvalue weighted by Crippen LogP contribution is -2.27. The quantitative estimate of drug-likeness (QED) is 0.134. The first-order valence-corrected chi connectivity index (χ1v) is 13.0. The van der Waals surface area contributed by atoms with E-state index < -0.39 is 11.6 Å². The molecule has 0 fully saturated rings. The summed E-state index contributed by atoms with van der Waals surface area (Å²) in [4.78, 5) is 17.6. The molecular weight excluding hydrogens is 568 g/mol. The largest absolute Gasteiger partial charge is 0.497 e. The summed E-state index contributed by atoms with van der Waals surface area (Å²) in [5.74, 6) is -0.956. The molecule has 0 spiro atoms. The average Bonchev–Trinajstić information content (AvgIpc) is 3.43. The van der Waals surface area contributed by atoms with Crippen LogP contribution < -0.4 is 14.5 Å². The Bertz CT molecular complexity index is 1490. The molecule has 1 aliphatic rings. The topological polar surface area (TPSA) is 79.3 Å². The Labute approximate surface area is 247 Å². The van der Waals surface area contributed by atoms with Crippen LogP contribution in [0.3, 0.4) is 0 Å². The number of halogens is 2. The van der Waals surface area contributed by atoms with Gasteiger partial charge in [0.25, 0.3) is 5.91 Å². The number of carbonyl (C=O) groups is 1. The zero-order valence-corrected chi connectivity index (χ0v) is 23.9. The van der Waals surface area contributed by atoms with Crippen molar-refractivity contribution in [3.05, 3.63) is 120 Å². The Morgan fingerprint density at radius 2 is 1.71 bits per heavy atom. The fourth-order valence-electron chi connectivity index (χ4n) is 4.24. The Kier molecular flexibility index (Phi) is 9.82. The lowest BCUT2D eigenvalue weighted by atomic mass is 9.98. The molecule has 1 aliphatic heterocycles. The van der Waals surface area contributed by atoms with Crippen LogP contribution in [0.1, 0.15) is 34.1 Å². The second-order valence-corrected chi connectivity index (χ2v) is 9.67. The number of pyridine rings is 1. The summed E-state index contributed by atoms with van der Waals surface area (Å²) in [6.45, 7) is 0. The molecule has 2 heterocycles. The fourth-order valence-corrected chi connectivity index (χ4v) is 4.74. The van der Waals surface area contributed by atoms with E-state index in [1.807, 2.05) is 36.4 Å². The molecule has 12 heteroatoms. The molecule has 1 unspecified atom stereocenters. The van der Waals surface area contributed by atoms with Crippen molar-refractivity contribution >= 4 is 48.7 Å². The first-order valence-electron chi connectivity index (χ1n) is 12.3. The van der Waals surface area contributed by atoms with E-state index in [1.54, 1.807) is 43.6 Å². The molecule has 0 bridgehead atoms. The smallest absolute Gasteiger partial charge is 0.293 e. The van der Waals surface area contributed by atoms with Gasteiger partial charge in [0.2, 0.25) is 0 Å². The van der Waals surface area contributed by atoms with E-state index in [1.165, 1.54) is 34.6 Å². The third-order valence-corrected chi connectivity index (χ3v) is 6.85. The second kappa shape index (κ2) is 13.5. The maximum atomic E-state index is 14.0. The molecule has 8 nitrogen and oxygen atoms in total. The molecule has 0 saturated carbocycles. The molecular formula is C29H27F2N5O3S2. The van der Waals surface area contributed by atoms with E-state index in [9.17, 15) is 13.6 Å². The molecule has 4 aromatic rings. The number of methoxy groups -OCH3 is 1. The summed E-state index contributed by atoms with van der Waals surface area (Å²) >= 11 is 0.744. The van der Waals surface area contributed by atoms with Crippen LogP contribution in [0.25, 0.3) is 0 Å². The highest BCUT2D eigenvalue weighted by atomic mass is 32.2. The average molecular weight is 596 g/mol. The van der Waals surface area contributed by atoms with Gasteiger partial charge in [0.15, 0.2) is 0 Å². The monoisotopic (exact) mass is 595 g/mol. The van der Waals surface area contributed by atoms with E-state index >= 15 is 0 Å². The first-order chi connectivity index (χ1) is 19.4. The van der Waals surface area contributed by atoms with E-state index in [2.05, 4.69) is 10.5 Å². The Hall–Kier alpha value is -4.13. The summed E-state index contributed by atoms with van der Waals surface area (Å²) in [6.07, 6.45) is 2.08. The van der Waals surface area contributed by atoms with Gasteiger partial charge >= 0.3 is 0 Å². The summed E-state index contributed by atoms with van der Waals surface area (Å²) in [7, 11) is 3.10. The zero-order valence-electron chi connectivity index (χ0n) is 22.1. The van der Waals surface area contributed by atoms with Crippen molar-refractivity contribution in [1.29, 1.82) is 0 Å². The Morgan fingerprint density at radius 3 is 2.34 bits per heavy atom. The number of anilines is 2. The van der Waals surface area contributed by atoms with E-state index in [0.29, 0.717) is 17.8 Å². The van der Waals surface area contributed by atoms with Gasteiger partial charge < -0.3 is 4.74 Å². The number of para-hydroxylation sites is 1. The Morgan fingerprint density at radius 1 is 1.00 bits per heavy atom. The van der Waals surface area contributed by atoms with Gasteiger partial charge in [-0.25, -0.2) is 13.8 Å². The van der Waals surface area contributed by atoms with Crippen LogP contribution in [-0.4, -0.2) is 35.8 Å². The number of ether oxygens (including phenoxy) is 1. The molecule has 0 radical (unpaired) electrons. The van der Waals surface area contributed by atoms with Gasteiger partial charge in [-0.2, -0.15) is 22.9 Å². The minimum atomic E-state index is -0.691. The van der Waals surface area contributed by atoms with Crippen LogP contribution in [0.4, 0.5) is 20.2 Å². The highest BCUT2D eigenvalue weighted by molar-refractivity contribution is 7.96. The number of nitrogens with zero attached hydrogens (tertiary/aromatic N) is 4. The lowest BCUT2D eigenvalue weighted by molar-refractivity contribution is 0.0705. The lowest BCUT2D eigenvalue weighted by Gasteiger charge is -2.21. The predicted octanol–water partition coefficient (Wildman–Crippen LogP) is 6.52. The highest BCUT2D eigenvalue weighted by Crippen LogP contribution is 2.35. The number of benzene rings is 3. The third kappa shape index (κ3) is 6.79. The van der Waals surface area contributed by atoms with Gasteiger partial charge in [-0.1, -0.05) is 36.4 Å². The van der Waals surface area contributed by atoms with Crippen molar-refractivity contribution in [2.24, 2.45) is 5.10 Å². The van der Waals surface area contributed by atoms with Crippen molar-refractivity contribution < 1.29 is 22.6 Å². The number of hydrogen-bond donors (Lipinski definition) is 1. The Balaban J connectivity index is 0.00000387. The molecule has 0 saturated heterocycles. The standard InChI is InChI=1S/C29H25F2N5O3S.H2S/c1-35(28-23(30)6-5-7-24(28)31)40-39-34-21-13-9-19(10-14-21)26-18-27(20-11-15-22(38-2)16-12-20)36(33-26)29(37)25-8-3-4-17-32-25;/h3-17,27,34H,18H2,1-2H3;1H2. The van der Waals surface area contributed by atoms with Gasteiger partial charge in [0, 0.05) is 19.7 Å². The second-order valence-electron chi connectivity index (χ2n) is 8.81. The SMILES string of the molecule is COc1ccc(C2CC(c3ccc(NOSN(C)c4c(F)cccc4F)cc3)=NN2C(=O)c2ccccn2)cc1.S. The zero-order chi connectivity index (χ0) is 28.1. The summed E-state index contributed by atoms with van der Waals surface area (Å²) < 4.78 is 39.8. The van der Waals surface area contributed by atoms with Crippen molar-refractivity contribution in [3.8, 4) is 5.75 Å². The number of hydrazone groups is 1. The number of carbonyl (C=O) groups excluding carboxylic acids is 1. The minimum Gasteiger partial charge on any atom is -0.497 e. The van der Waals surface area contributed by atoms with E-state index in [4.69, 9.17) is 14.1 Å². The van der Waals surface area contributed by atoms with Crippen molar-refractivity contribution in [3.63, 3.8) is 0 Å². The summed E-state index contributed by atoms with van der Waals surface area (Å²) in [5.41, 5.74) is 5.95. The van der Waals surface area contributed by atoms with Crippen LogP contribution in [0.2, 0.25) is 0 Å². The molecule has 3 aromatic carbocycles. The van der Waals surface area contributed by atoms with Crippen LogP contribution in [-0.2, 0) is 4.28 Å². The number of nitrogens with one attached hydrogen (secondary N) is 1. The maximum Gasteiger partial charge on any atom is 0.293 e. The van der Waals surface area contributed by atoms with Crippen molar-refractivity contribution in [2.75, 3.05) is 23.9 Å². The van der Waals surface area contributed by atoms with Gasteiger partial charge in [0.05, 0.1) is 24.6 Å². The molecule has 1 aromatic heterocycles. The highest BCUT2D eigenvalue weighted by Gasteiger charge is 2.34. The molecule has 212 valence electrons. The molecule has 1 amide bonds. The van der Waals surface area contributed by atoms with Crippen LogP contribution >= 0.6 is 25.7 Å². The minimum absolute atomic E-state index is 0. The van der Waals surface area contributed by atoms with Crippen LogP contribution in [0, 0.1) is 11.6 Å². The number of hydrogen-bond acceptors (Lipinski definition) is 8. The summed E-state index contributed by atoms with van der Waals surface area (Å²) in [6, 6.07) is 23.4. The van der Waals surface area contributed by atoms with Gasteiger partial charge in [0.1, 0.15) is 41.0 Å². The molecule has 1 atom stereocenters. The number of rotatable bonds is 9. The maximum absolute atomic E-state index is 14.0. The number of aromatic nitrogens is 1. The van der Waals surface area contributed by atoms with Gasteiger partial charge in [-0.15, -0.1) is 0 Å². The normalized spacial score (nSPS) is 14.2. The first kappa shape index (κ1) is 29.8. The molecule has 1 N–H and O–H groups in total. The van der Waals surface area contributed by atoms with E-state index in [-0.39, 0.29) is 31.1 Å². The van der Waals surface area contributed by atoms with Gasteiger partial charge in [-0.3, -0.25) is 19.6 Å². The third-order valence-electron chi connectivity index (χ3n) is 6.28. The molecule has 41 heavy (non-hydrogen) atoms. The van der Waals surface area contributed by atoms with Crippen LogP contribution in [0.15, 0.2) is 96.2 Å². The van der Waals surface area contributed by atoms with Gasteiger partial charge in [-0.05, 0) is 59.7 Å². The van der Waals surface area contributed by atoms with Crippen LogP contribution in [0.5, 0.6) is 5.75 Å². The molecule has 0 aliphatic carbocycles. The number of amides is 1. The fraction of sp³-hybridized carbons (Fsp3) is 0.138.